The minimum absolute atomic E-state index is 0.204. The van der Waals surface area contributed by atoms with Crippen LogP contribution < -0.4 is 0 Å². The van der Waals surface area contributed by atoms with Crippen molar-refractivity contribution in [3.63, 3.8) is 0 Å². The van der Waals surface area contributed by atoms with Gasteiger partial charge in [0.25, 0.3) is 0 Å². The molecule has 0 spiro atoms. The van der Waals surface area contributed by atoms with E-state index in [4.69, 9.17) is 0 Å². The van der Waals surface area contributed by atoms with Gasteiger partial charge < -0.3 is 9.67 Å². The van der Waals surface area contributed by atoms with Gasteiger partial charge in [-0.15, -0.1) is 0 Å². The number of rotatable bonds is 5. The van der Waals surface area contributed by atoms with E-state index >= 15 is 0 Å². The molecule has 5 heteroatoms. The third kappa shape index (κ3) is 3.45. The van der Waals surface area contributed by atoms with Gasteiger partial charge in [-0.05, 0) is 12.8 Å². The molecule has 1 saturated heterocycles. The Hall–Kier alpha value is -0.130. The first-order valence-electron chi connectivity index (χ1n) is 6.59. The Labute approximate surface area is 118 Å². The molecule has 0 aliphatic carbocycles. The Morgan fingerprint density at radius 3 is 2.94 bits per heavy atom. The standard InChI is InChI=1S/C13H22N2OS2/c1-3-11-13(18-9-8-17-11)10(16)4-5-12-14-6-7-15(12)2/h6-7,10-11,13,16H,3-5,8-9H2,1-2H3. The molecule has 1 N–H and O–H groups in total. The number of aliphatic hydroxyl groups is 1. The maximum Gasteiger partial charge on any atom is 0.108 e. The highest BCUT2D eigenvalue weighted by molar-refractivity contribution is 8.07. The lowest BCUT2D eigenvalue weighted by Crippen LogP contribution is -2.36. The molecule has 0 amide bonds. The number of nitrogens with zero attached hydrogens (tertiary/aromatic N) is 2. The summed E-state index contributed by atoms with van der Waals surface area (Å²) < 4.78 is 2.03. The molecule has 0 bridgehead atoms. The largest absolute Gasteiger partial charge is 0.392 e. The van der Waals surface area contributed by atoms with E-state index in [1.165, 1.54) is 11.5 Å². The van der Waals surface area contributed by atoms with Crippen molar-refractivity contribution in [3.05, 3.63) is 18.2 Å². The first kappa shape index (κ1) is 14.3. The van der Waals surface area contributed by atoms with Crippen LogP contribution in [0.5, 0.6) is 0 Å². The highest BCUT2D eigenvalue weighted by atomic mass is 32.2. The molecule has 102 valence electrons. The Kier molecular flexibility index (Phi) is 5.45. The summed E-state index contributed by atoms with van der Waals surface area (Å²) in [7, 11) is 2.01. The summed E-state index contributed by atoms with van der Waals surface area (Å²) in [6.07, 6.45) is 6.41. The molecule has 3 unspecified atom stereocenters. The van der Waals surface area contributed by atoms with Gasteiger partial charge in [-0.2, -0.15) is 23.5 Å². The fraction of sp³-hybridized carbons (Fsp3) is 0.769. The second kappa shape index (κ2) is 6.87. The van der Waals surface area contributed by atoms with E-state index in [0.717, 1.165) is 25.1 Å². The zero-order valence-corrected chi connectivity index (χ0v) is 12.7. The zero-order valence-electron chi connectivity index (χ0n) is 11.1. The molecule has 1 fully saturated rings. The van der Waals surface area contributed by atoms with Gasteiger partial charge in [-0.25, -0.2) is 4.98 Å². The molecular formula is C13H22N2OS2. The number of aliphatic hydroxyl groups excluding tert-OH is 1. The first-order valence-corrected chi connectivity index (χ1v) is 8.69. The quantitative estimate of drug-likeness (QED) is 0.901. The summed E-state index contributed by atoms with van der Waals surface area (Å²) in [4.78, 5) is 4.31. The number of hydrogen-bond acceptors (Lipinski definition) is 4. The Balaban J connectivity index is 1.86. The average molecular weight is 286 g/mol. The van der Waals surface area contributed by atoms with Crippen LogP contribution in [0.3, 0.4) is 0 Å². The lowest BCUT2D eigenvalue weighted by molar-refractivity contribution is 0.158. The molecule has 0 radical (unpaired) electrons. The normalized spacial score (nSPS) is 26.2. The van der Waals surface area contributed by atoms with E-state index in [2.05, 4.69) is 11.9 Å². The van der Waals surface area contributed by atoms with Gasteiger partial charge in [0.05, 0.1) is 6.10 Å². The van der Waals surface area contributed by atoms with Crippen LogP contribution in [0.25, 0.3) is 0 Å². The SMILES string of the molecule is CCC1SCCSC1C(O)CCc1nccn1C. The maximum absolute atomic E-state index is 10.4. The third-order valence-electron chi connectivity index (χ3n) is 3.46. The van der Waals surface area contributed by atoms with Crippen molar-refractivity contribution in [2.24, 2.45) is 7.05 Å². The van der Waals surface area contributed by atoms with Gasteiger partial charge in [0.2, 0.25) is 0 Å². The molecule has 1 aliphatic heterocycles. The fourth-order valence-electron chi connectivity index (χ4n) is 2.37. The number of hydrogen-bond donors (Lipinski definition) is 1. The van der Waals surface area contributed by atoms with Gasteiger partial charge in [0.1, 0.15) is 5.82 Å². The van der Waals surface area contributed by atoms with Crippen molar-refractivity contribution >= 4 is 23.5 Å². The Morgan fingerprint density at radius 1 is 1.50 bits per heavy atom. The summed E-state index contributed by atoms with van der Waals surface area (Å²) in [6, 6.07) is 0. The molecule has 0 aromatic carbocycles. The molecule has 0 saturated carbocycles. The molecule has 3 atom stereocenters. The van der Waals surface area contributed by atoms with Crippen molar-refractivity contribution < 1.29 is 5.11 Å². The lowest BCUT2D eigenvalue weighted by atomic mass is 10.1. The van der Waals surface area contributed by atoms with Gasteiger partial charge in [-0.3, -0.25) is 0 Å². The van der Waals surface area contributed by atoms with Crippen molar-refractivity contribution in [1.29, 1.82) is 0 Å². The van der Waals surface area contributed by atoms with Crippen molar-refractivity contribution in [2.45, 2.75) is 42.8 Å². The van der Waals surface area contributed by atoms with Crippen LogP contribution in [0, 0.1) is 0 Å². The van der Waals surface area contributed by atoms with Crippen molar-refractivity contribution in [3.8, 4) is 0 Å². The smallest absolute Gasteiger partial charge is 0.108 e. The molecular weight excluding hydrogens is 264 g/mol. The van der Waals surface area contributed by atoms with Gasteiger partial charge >= 0.3 is 0 Å². The van der Waals surface area contributed by atoms with Crippen LogP contribution >= 0.6 is 23.5 Å². The van der Waals surface area contributed by atoms with Gasteiger partial charge in [-0.1, -0.05) is 6.92 Å². The minimum Gasteiger partial charge on any atom is -0.392 e. The molecule has 3 nitrogen and oxygen atoms in total. The zero-order chi connectivity index (χ0) is 13.0. The topological polar surface area (TPSA) is 38.1 Å². The van der Waals surface area contributed by atoms with Crippen LogP contribution in [0.2, 0.25) is 0 Å². The van der Waals surface area contributed by atoms with E-state index < -0.39 is 0 Å². The number of aryl methyl sites for hydroxylation is 2. The summed E-state index contributed by atoms with van der Waals surface area (Å²) in [5.41, 5.74) is 0. The van der Waals surface area contributed by atoms with E-state index in [9.17, 15) is 5.11 Å². The first-order chi connectivity index (χ1) is 8.72. The predicted octanol–water partition coefficient (Wildman–Crippen LogP) is 2.34. The fourth-order valence-corrected chi connectivity index (χ4v) is 5.56. The van der Waals surface area contributed by atoms with Gasteiger partial charge in [0, 0.05) is 47.9 Å². The summed E-state index contributed by atoms with van der Waals surface area (Å²) in [5, 5.41) is 11.4. The second-order valence-electron chi connectivity index (χ2n) is 4.71. The summed E-state index contributed by atoms with van der Waals surface area (Å²) >= 11 is 3.97. The molecule has 2 rings (SSSR count). The second-order valence-corrected chi connectivity index (χ2v) is 7.35. The van der Waals surface area contributed by atoms with E-state index in [0.29, 0.717) is 10.5 Å². The Morgan fingerprint density at radius 2 is 2.28 bits per heavy atom. The highest BCUT2D eigenvalue weighted by Gasteiger charge is 2.30. The van der Waals surface area contributed by atoms with Crippen molar-refractivity contribution in [1.82, 2.24) is 9.55 Å². The molecule has 18 heavy (non-hydrogen) atoms. The summed E-state index contributed by atoms with van der Waals surface area (Å²) in [5.74, 6) is 3.47. The molecule has 1 aliphatic rings. The molecule has 1 aromatic rings. The van der Waals surface area contributed by atoms with Crippen LogP contribution in [-0.4, -0.2) is 42.8 Å². The molecule has 1 aromatic heterocycles. The van der Waals surface area contributed by atoms with Crippen LogP contribution in [0.15, 0.2) is 12.4 Å². The number of aromatic nitrogens is 2. The maximum atomic E-state index is 10.4. The number of thioether (sulfide) groups is 2. The van der Waals surface area contributed by atoms with Crippen LogP contribution in [0.4, 0.5) is 0 Å². The summed E-state index contributed by atoms with van der Waals surface area (Å²) in [6.45, 7) is 2.22. The average Bonchev–Trinajstić information content (AvgIpc) is 2.81. The van der Waals surface area contributed by atoms with Crippen molar-refractivity contribution in [2.75, 3.05) is 11.5 Å². The predicted molar refractivity (Wildman–Crippen MR) is 80.3 cm³/mol. The molecule has 2 heterocycles. The van der Waals surface area contributed by atoms with E-state index in [-0.39, 0.29) is 6.10 Å². The van der Waals surface area contributed by atoms with Crippen LogP contribution in [0.1, 0.15) is 25.6 Å². The minimum atomic E-state index is -0.204. The number of imidazole rings is 1. The van der Waals surface area contributed by atoms with E-state index in [1.807, 2.05) is 47.5 Å². The third-order valence-corrected chi connectivity index (χ3v) is 6.85. The van der Waals surface area contributed by atoms with Gasteiger partial charge in [0.15, 0.2) is 0 Å². The Bertz CT molecular complexity index is 370. The van der Waals surface area contributed by atoms with E-state index in [1.54, 1.807) is 0 Å². The monoisotopic (exact) mass is 286 g/mol. The highest BCUT2D eigenvalue weighted by Crippen LogP contribution is 2.36. The van der Waals surface area contributed by atoms with Crippen LogP contribution in [-0.2, 0) is 13.5 Å². The lowest BCUT2D eigenvalue weighted by Gasteiger charge is -2.33.